The van der Waals surface area contributed by atoms with Crippen molar-refractivity contribution in [2.75, 3.05) is 0 Å². The third-order valence-corrected chi connectivity index (χ3v) is 3.39. The lowest BCUT2D eigenvalue weighted by atomic mass is 10.2. The summed E-state index contributed by atoms with van der Waals surface area (Å²) in [7, 11) is 0. The van der Waals surface area contributed by atoms with Crippen molar-refractivity contribution in [3.8, 4) is 11.4 Å². The van der Waals surface area contributed by atoms with E-state index in [2.05, 4.69) is 4.98 Å². The third-order valence-electron chi connectivity index (χ3n) is 3.15. The van der Waals surface area contributed by atoms with Gasteiger partial charge in [0, 0.05) is 16.8 Å². The van der Waals surface area contributed by atoms with E-state index in [1.54, 1.807) is 22.7 Å². The maximum Gasteiger partial charge on any atom is 0.356 e. The number of carboxylic acid groups (broad SMARTS) is 1. The number of halogens is 1. The van der Waals surface area contributed by atoms with Crippen LogP contribution >= 0.6 is 11.6 Å². The zero-order valence-electron chi connectivity index (χ0n) is 10.7. The highest BCUT2D eigenvalue weighted by Crippen LogP contribution is 2.26. The van der Waals surface area contributed by atoms with Gasteiger partial charge in [0.25, 0.3) is 0 Å². The SMILES string of the molecule is Cc1cccn2c(-c3cccc(Cl)c3)nc(C(=O)O)c12. The number of hydrogen-bond donors (Lipinski definition) is 1. The topological polar surface area (TPSA) is 54.6 Å². The maximum absolute atomic E-state index is 11.4. The summed E-state index contributed by atoms with van der Waals surface area (Å²) in [6.45, 7) is 1.87. The lowest BCUT2D eigenvalue weighted by molar-refractivity contribution is 0.0693. The summed E-state index contributed by atoms with van der Waals surface area (Å²) in [5.41, 5.74) is 2.31. The van der Waals surface area contributed by atoms with Crippen LogP contribution in [0.4, 0.5) is 0 Å². The molecule has 1 aromatic carbocycles. The Bertz CT molecular complexity index is 824. The van der Waals surface area contributed by atoms with Gasteiger partial charge in [0.2, 0.25) is 0 Å². The molecular weight excluding hydrogens is 276 g/mol. The summed E-state index contributed by atoms with van der Waals surface area (Å²) < 4.78 is 1.78. The van der Waals surface area contributed by atoms with Gasteiger partial charge >= 0.3 is 5.97 Å². The van der Waals surface area contributed by atoms with E-state index in [4.69, 9.17) is 11.6 Å². The van der Waals surface area contributed by atoms with Crippen LogP contribution in [0.25, 0.3) is 16.9 Å². The fourth-order valence-corrected chi connectivity index (χ4v) is 2.48. The van der Waals surface area contributed by atoms with Crippen LogP contribution in [-0.2, 0) is 0 Å². The second-order valence-corrected chi connectivity index (χ2v) is 4.95. The van der Waals surface area contributed by atoms with Crippen LogP contribution in [0.2, 0.25) is 5.02 Å². The van der Waals surface area contributed by atoms with Crippen LogP contribution in [0.15, 0.2) is 42.6 Å². The summed E-state index contributed by atoms with van der Waals surface area (Å²) in [6, 6.07) is 10.9. The average molecular weight is 287 g/mol. The molecule has 0 bridgehead atoms. The third kappa shape index (κ3) is 1.94. The summed E-state index contributed by atoms with van der Waals surface area (Å²) in [5, 5.41) is 9.91. The normalized spacial score (nSPS) is 10.9. The minimum absolute atomic E-state index is 0.0538. The molecular formula is C15H11ClN2O2. The molecule has 100 valence electrons. The van der Waals surface area contributed by atoms with E-state index in [9.17, 15) is 9.90 Å². The van der Waals surface area contributed by atoms with Crippen LogP contribution in [0.3, 0.4) is 0 Å². The monoisotopic (exact) mass is 286 g/mol. The molecule has 4 nitrogen and oxygen atoms in total. The zero-order valence-corrected chi connectivity index (χ0v) is 11.4. The molecule has 20 heavy (non-hydrogen) atoms. The van der Waals surface area contributed by atoms with E-state index in [0.717, 1.165) is 11.1 Å². The second kappa shape index (κ2) is 4.65. The van der Waals surface area contributed by atoms with Crippen LogP contribution in [0.1, 0.15) is 16.1 Å². The first kappa shape index (κ1) is 12.7. The standard InChI is InChI=1S/C15H11ClN2O2/c1-9-4-3-7-18-13(9)12(15(19)20)17-14(18)10-5-2-6-11(16)8-10/h2-8H,1H3,(H,19,20). The Hall–Kier alpha value is -2.33. The molecule has 0 unspecified atom stereocenters. The van der Waals surface area contributed by atoms with Crippen LogP contribution in [0, 0.1) is 6.92 Å². The Morgan fingerprint density at radius 2 is 2.10 bits per heavy atom. The smallest absolute Gasteiger partial charge is 0.356 e. The molecule has 2 heterocycles. The van der Waals surface area contributed by atoms with Gasteiger partial charge in [-0.25, -0.2) is 9.78 Å². The number of aryl methyl sites for hydroxylation is 1. The number of pyridine rings is 1. The fraction of sp³-hybridized carbons (Fsp3) is 0.0667. The van der Waals surface area contributed by atoms with Crippen molar-refractivity contribution in [3.05, 3.63) is 58.9 Å². The minimum atomic E-state index is -1.04. The summed E-state index contributed by atoms with van der Waals surface area (Å²) >= 11 is 5.99. The number of aromatic nitrogens is 2. The Morgan fingerprint density at radius 3 is 2.80 bits per heavy atom. The number of fused-ring (bicyclic) bond motifs is 1. The predicted molar refractivity (Wildman–Crippen MR) is 77.3 cm³/mol. The van der Waals surface area contributed by atoms with Gasteiger partial charge in [-0.3, -0.25) is 4.40 Å². The van der Waals surface area contributed by atoms with Gasteiger partial charge in [-0.05, 0) is 30.7 Å². The Morgan fingerprint density at radius 1 is 1.30 bits per heavy atom. The van der Waals surface area contributed by atoms with E-state index in [-0.39, 0.29) is 5.69 Å². The number of hydrogen-bond acceptors (Lipinski definition) is 2. The molecule has 0 aliphatic rings. The van der Waals surface area contributed by atoms with Gasteiger partial charge in [-0.15, -0.1) is 0 Å². The summed E-state index contributed by atoms with van der Waals surface area (Å²) in [5.74, 6) is -0.464. The first-order valence-corrected chi connectivity index (χ1v) is 6.42. The number of aromatic carboxylic acids is 1. The van der Waals surface area contributed by atoms with Crippen LogP contribution in [-0.4, -0.2) is 20.5 Å². The van der Waals surface area contributed by atoms with Crippen molar-refractivity contribution in [1.82, 2.24) is 9.38 Å². The zero-order chi connectivity index (χ0) is 14.3. The maximum atomic E-state index is 11.4. The van der Waals surface area contributed by atoms with E-state index in [1.807, 2.05) is 31.2 Å². The van der Waals surface area contributed by atoms with Crippen molar-refractivity contribution in [3.63, 3.8) is 0 Å². The molecule has 5 heteroatoms. The van der Waals surface area contributed by atoms with E-state index in [0.29, 0.717) is 16.4 Å². The minimum Gasteiger partial charge on any atom is -0.476 e. The Labute approximate surface area is 120 Å². The number of imidazole rings is 1. The number of carbonyl (C=O) groups is 1. The summed E-state index contributed by atoms with van der Waals surface area (Å²) in [4.78, 5) is 15.6. The molecule has 0 atom stereocenters. The number of nitrogens with zero attached hydrogens (tertiary/aromatic N) is 2. The molecule has 0 radical (unpaired) electrons. The highest BCUT2D eigenvalue weighted by molar-refractivity contribution is 6.30. The van der Waals surface area contributed by atoms with Crippen molar-refractivity contribution in [2.24, 2.45) is 0 Å². The van der Waals surface area contributed by atoms with E-state index >= 15 is 0 Å². The Kier molecular flexibility index (Phi) is 2.95. The van der Waals surface area contributed by atoms with Gasteiger partial charge in [-0.2, -0.15) is 0 Å². The van der Waals surface area contributed by atoms with Crippen molar-refractivity contribution in [1.29, 1.82) is 0 Å². The highest BCUT2D eigenvalue weighted by Gasteiger charge is 2.19. The molecule has 3 rings (SSSR count). The van der Waals surface area contributed by atoms with Gasteiger partial charge in [0.1, 0.15) is 5.82 Å². The lowest BCUT2D eigenvalue weighted by Crippen LogP contribution is -1.98. The number of carboxylic acids is 1. The van der Waals surface area contributed by atoms with Crippen LogP contribution in [0.5, 0.6) is 0 Å². The van der Waals surface area contributed by atoms with Gasteiger partial charge in [-0.1, -0.05) is 29.8 Å². The number of benzene rings is 1. The van der Waals surface area contributed by atoms with Crippen molar-refractivity contribution >= 4 is 23.1 Å². The van der Waals surface area contributed by atoms with Gasteiger partial charge in [0.05, 0.1) is 5.52 Å². The molecule has 3 aromatic rings. The molecule has 0 saturated heterocycles. The molecule has 0 fully saturated rings. The Balaban J connectivity index is 2.38. The molecule has 0 amide bonds. The van der Waals surface area contributed by atoms with E-state index in [1.165, 1.54) is 0 Å². The van der Waals surface area contributed by atoms with Crippen molar-refractivity contribution in [2.45, 2.75) is 6.92 Å². The largest absolute Gasteiger partial charge is 0.476 e. The van der Waals surface area contributed by atoms with Crippen molar-refractivity contribution < 1.29 is 9.90 Å². The molecule has 2 aromatic heterocycles. The summed E-state index contributed by atoms with van der Waals surface area (Å²) in [6.07, 6.45) is 1.80. The van der Waals surface area contributed by atoms with Gasteiger partial charge < -0.3 is 5.11 Å². The molecule has 0 saturated carbocycles. The number of rotatable bonds is 2. The van der Waals surface area contributed by atoms with E-state index < -0.39 is 5.97 Å². The fourth-order valence-electron chi connectivity index (χ4n) is 2.29. The van der Waals surface area contributed by atoms with Crippen LogP contribution < -0.4 is 0 Å². The first-order chi connectivity index (χ1) is 9.58. The lowest BCUT2D eigenvalue weighted by Gasteiger charge is -2.03. The first-order valence-electron chi connectivity index (χ1n) is 6.05. The molecule has 0 aliphatic heterocycles. The molecule has 0 spiro atoms. The average Bonchev–Trinajstić information content (AvgIpc) is 2.80. The molecule has 1 N–H and O–H groups in total. The second-order valence-electron chi connectivity index (χ2n) is 4.51. The van der Waals surface area contributed by atoms with Gasteiger partial charge in [0.15, 0.2) is 5.69 Å². The quantitative estimate of drug-likeness (QED) is 0.782. The molecule has 0 aliphatic carbocycles. The predicted octanol–water partition coefficient (Wildman–Crippen LogP) is 3.66. The highest BCUT2D eigenvalue weighted by atomic mass is 35.5.